The third kappa shape index (κ3) is 3.67. The second-order valence-corrected chi connectivity index (χ2v) is 7.31. The Morgan fingerprint density at radius 1 is 1.37 bits per heavy atom. The molecule has 0 atom stereocenters. The van der Waals surface area contributed by atoms with Crippen molar-refractivity contribution in [3.05, 3.63) is 0 Å². The second kappa shape index (κ2) is 6.19. The smallest absolute Gasteiger partial charge is 0.225 e. The maximum Gasteiger partial charge on any atom is 0.225 e. The lowest BCUT2D eigenvalue weighted by Gasteiger charge is -2.37. The molecule has 1 aliphatic heterocycles. The Balaban J connectivity index is 1.62. The van der Waals surface area contributed by atoms with Gasteiger partial charge < -0.3 is 10.1 Å². The molecule has 2 fully saturated rings. The normalized spacial score (nSPS) is 21.1. The Morgan fingerprint density at radius 2 is 2.05 bits per heavy atom. The molecular formula is C12H22N2O4S. The highest BCUT2D eigenvalue weighted by atomic mass is 32.2. The summed E-state index contributed by atoms with van der Waals surface area (Å²) >= 11 is 0. The van der Waals surface area contributed by atoms with Crippen molar-refractivity contribution in [2.24, 2.45) is 5.92 Å². The molecule has 0 bridgehead atoms. The van der Waals surface area contributed by atoms with Crippen molar-refractivity contribution in [2.75, 3.05) is 32.8 Å². The van der Waals surface area contributed by atoms with Crippen molar-refractivity contribution in [3.8, 4) is 0 Å². The summed E-state index contributed by atoms with van der Waals surface area (Å²) in [6, 6.07) is 0. The minimum Gasteiger partial charge on any atom is -0.382 e. The van der Waals surface area contributed by atoms with Crippen molar-refractivity contribution < 1.29 is 17.9 Å². The van der Waals surface area contributed by atoms with Crippen LogP contribution in [0.5, 0.6) is 0 Å². The molecule has 0 radical (unpaired) electrons. The molecule has 110 valence electrons. The molecule has 1 amide bonds. The largest absolute Gasteiger partial charge is 0.382 e. The van der Waals surface area contributed by atoms with Gasteiger partial charge in [-0.05, 0) is 26.2 Å². The highest BCUT2D eigenvalue weighted by molar-refractivity contribution is 7.90. The van der Waals surface area contributed by atoms with Gasteiger partial charge in [0, 0.05) is 32.8 Å². The van der Waals surface area contributed by atoms with Gasteiger partial charge in [-0.2, -0.15) is 4.31 Å². The van der Waals surface area contributed by atoms with Crippen LogP contribution >= 0.6 is 0 Å². The van der Waals surface area contributed by atoms with Crippen molar-refractivity contribution in [1.29, 1.82) is 0 Å². The monoisotopic (exact) mass is 290 g/mol. The van der Waals surface area contributed by atoms with Crippen molar-refractivity contribution in [2.45, 2.75) is 31.4 Å². The maximum atomic E-state index is 11.9. The first-order valence-electron chi connectivity index (χ1n) is 6.90. The molecule has 7 heteroatoms. The Hall–Kier alpha value is -0.660. The third-order valence-electron chi connectivity index (χ3n) is 3.49. The molecule has 0 aromatic heterocycles. The quantitative estimate of drug-likeness (QED) is 0.636. The number of amides is 1. The lowest BCUT2D eigenvalue weighted by atomic mass is 10.0. The van der Waals surface area contributed by atoms with Gasteiger partial charge in [-0.3, -0.25) is 4.79 Å². The Bertz CT molecular complexity index is 413. The molecule has 1 N–H and O–H groups in total. The number of hydrogen-bond donors (Lipinski definition) is 1. The van der Waals surface area contributed by atoms with Crippen LogP contribution in [0, 0.1) is 5.92 Å². The first kappa shape index (κ1) is 14.7. The third-order valence-corrected chi connectivity index (χ3v) is 5.82. The predicted octanol–water partition coefficient (Wildman–Crippen LogP) is -0.0468. The van der Waals surface area contributed by atoms with E-state index in [1.807, 2.05) is 6.92 Å². The molecule has 2 aliphatic rings. The zero-order valence-electron chi connectivity index (χ0n) is 11.3. The van der Waals surface area contributed by atoms with Gasteiger partial charge in [0.05, 0.1) is 11.2 Å². The van der Waals surface area contributed by atoms with Gasteiger partial charge in [-0.25, -0.2) is 8.42 Å². The topological polar surface area (TPSA) is 75.7 Å². The van der Waals surface area contributed by atoms with Gasteiger partial charge in [0.1, 0.15) is 0 Å². The summed E-state index contributed by atoms with van der Waals surface area (Å²) in [6.45, 7) is 4.53. The van der Waals surface area contributed by atoms with Gasteiger partial charge in [-0.15, -0.1) is 0 Å². The molecular weight excluding hydrogens is 268 g/mol. The van der Waals surface area contributed by atoms with E-state index in [1.54, 1.807) is 0 Å². The summed E-state index contributed by atoms with van der Waals surface area (Å²) in [4.78, 5) is 11.7. The molecule has 0 aromatic carbocycles. The molecule has 0 aromatic rings. The maximum absolute atomic E-state index is 11.9. The van der Waals surface area contributed by atoms with E-state index >= 15 is 0 Å². The molecule has 1 saturated heterocycles. The molecule has 1 saturated carbocycles. The average Bonchev–Trinajstić information content (AvgIpc) is 3.10. The van der Waals surface area contributed by atoms with Crippen LogP contribution in [0.1, 0.15) is 26.2 Å². The first-order valence-corrected chi connectivity index (χ1v) is 8.40. The number of ether oxygens (including phenoxy) is 1. The van der Waals surface area contributed by atoms with Gasteiger partial charge in [0.2, 0.25) is 15.9 Å². The summed E-state index contributed by atoms with van der Waals surface area (Å²) in [6.07, 6.45) is 2.33. The Kier molecular flexibility index (Phi) is 4.81. The number of carbonyl (C=O) groups excluding carboxylic acids is 1. The number of nitrogens with zero attached hydrogens (tertiary/aromatic N) is 1. The van der Waals surface area contributed by atoms with Crippen LogP contribution in [-0.2, 0) is 19.6 Å². The zero-order valence-corrected chi connectivity index (χ0v) is 12.1. The van der Waals surface area contributed by atoms with Gasteiger partial charge >= 0.3 is 0 Å². The summed E-state index contributed by atoms with van der Waals surface area (Å²) in [5.41, 5.74) is 0. The summed E-state index contributed by atoms with van der Waals surface area (Å²) in [5, 5.41) is 2.64. The predicted molar refractivity (Wildman–Crippen MR) is 71.1 cm³/mol. The molecule has 2 rings (SSSR count). The lowest BCUT2D eigenvalue weighted by molar-refractivity contribution is -0.128. The lowest BCUT2D eigenvalue weighted by Crippen LogP contribution is -2.56. The van der Waals surface area contributed by atoms with Crippen LogP contribution in [0.25, 0.3) is 0 Å². The highest BCUT2D eigenvalue weighted by Gasteiger charge is 2.46. The van der Waals surface area contributed by atoms with Crippen LogP contribution in [0.2, 0.25) is 0 Å². The van der Waals surface area contributed by atoms with Crippen LogP contribution < -0.4 is 5.32 Å². The van der Waals surface area contributed by atoms with E-state index in [2.05, 4.69) is 5.32 Å². The van der Waals surface area contributed by atoms with Crippen LogP contribution in [0.4, 0.5) is 0 Å². The van der Waals surface area contributed by atoms with E-state index in [1.165, 1.54) is 4.31 Å². The minimum atomic E-state index is -3.09. The van der Waals surface area contributed by atoms with E-state index in [4.69, 9.17) is 4.74 Å². The molecule has 0 spiro atoms. The fraction of sp³-hybridized carbons (Fsp3) is 0.917. The summed E-state index contributed by atoms with van der Waals surface area (Å²) in [7, 11) is -3.09. The van der Waals surface area contributed by atoms with Crippen LogP contribution in [0.3, 0.4) is 0 Å². The number of rotatable bonds is 8. The van der Waals surface area contributed by atoms with Gasteiger partial charge in [0.25, 0.3) is 0 Å². The molecule has 0 unspecified atom stereocenters. The number of carbonyl (C=O) groups is 1. The van der Waals surface area contributed by atoms with Crippen LogP contribution in [-0.4, -0.2) is 56.7 Å². The Morgan fingerprint density at radius 3 is 2.63 bits per heavy atom. The minimum absolute atomic E-state index is 0.0428. The van der Waals surface area contributed by atoms with Crippen molar-refractivity contribution in [1.82, 2.24) is 9.62 Å². The standard InChI is InChI=1S/C12H22N2O4S/c1-2-18-7-3-6-13-12(15)10-8-14(9-10)19(16,17)11-4-5-11/h10-11H,2-9H2,1H3,(H,13,15). The van der Waals surface area contributed by atoms with E-state index < -0.39 is 10.0 Å². The van der Waals surface area contributed by atoms with Crippen molar-refractivity contribution >= 4 is 15.9 Å². The average molecular weight is 290 g/mol. The van der Waals surface area contributed by atoms with Gasteiger partial charge in [-0.1, -0.05) is 0 Å². The highest BCUT2D eigenvalue weighted by Crippen LogP contribution is 2.34. The molecule has 19 heavy (non-hydrogen) atoms. The van der Waals surface area contributed by atoms with E-state index in [-0.39, 0.29) is 17.1 Å². The molecule has 1 heterocycles. The SMILES string of the molecule is CCOCCCNC(=O)C1CN(S(=O)(=O)C2CC2)C1. The summed E-state index contributed by atoms with van der Waals surface area (Å²) < 4.78 is 30.3. The Labute approximate surface area is 114 Å². The number of hydrogen-bond acceptors (Lipinski definition) is 4. The molecule has 6 nitrogen and oxygen atoms in total. The van der Waals surface area contributed by atoms with E-state index in [0.717, 1.165) is 19.3 Å². The zero-order chi connectivity index (χ0) is 13.9. The first-order chi connectivity index (χ1) is 9.05. The van der Waals surface area contributed by atoms with Crippen molar-refractivity contribution in [3.63, 3.8) is 0 Å². The fourth-order valence-electron chi connectivity index (χ4n) is 2.06. The number of sulfonamides is 1. The number of nitrogens with one attached hydrogen (secondary N) is 1. The van der Waals surface area contributed by atoms with Crippen LogP contribution in [0.15, 0.2) is 0 Å². The second-order valence-electron chi connectivity index (χ2n) is 5.10. The molecule has 1 aliphatic carbocycles. The van der Waals surface area contributed by atoms with E-state index in [0.29, 0.717) is 32.8 Å². The fourth-order valence-corrected chi connectivity index (χ4v) is 3.99. The van der Waals surface area contributed by atoms with E-state index in [9.17, 15) is 13.2 Å². The summed E-state index contributed by atoms with van der Waals surface area (Å²) in [5.74, 6) is -0.223. The van der Waals surface area contributed by atoms with Gasteiger partial charge in [0.15, 0.2) is 0 Å².